The highest BCUT2D eigenvalue weighted by atomic mass is 15.1. The monoisotopic (exact) mass is 154 g/mol. The van der Waals surface area contributed by atoms with E-state index in [1.807, 2.05) is 0 Å². The second kappa shape index (κ2) is 7.39. The van der Waals surface area contributed by atoms with E-state index in [0.717, 1.165) is 13.1 Å². The quantitative estimate of drug-likeness (QED) is 0.457. The SMILES string of the molecule is C=C=CNCCN(C)CCC. The highest BCUT2D eigenvalue weighted by Gasteiger charge is 1.92. The van der Waals surface area contributed by atoms with E-state index < -0.39 is 0 Å². The van der Waals surface area contributed by atoms with Crippen LogP contribution < -0.4 is 5.32 Å². The van der Waals surface area contributed by atoms with E-state index in [4.69, 9.17) is 0 Å². The number of rotatable bonds is 6. The Labute approximate surface area is 69.6 Å². The molecular formula is C9H18N2. The maximum absolute atomic E-state index is 3.46. The normalized spacial score (nSPS) is 9.36. The molecule has 0 radical (unpaired) electrons. The molecule has 0 spiro atoms. The van der Waals surface area contributed by atoms with Crippen LogP contribution in [0.25, 0.3) is 0 Å². The van der Waals surface area contributed by atoms with Crippen molar-refractivity contribution in [2.75, 3.05) is 26.7 Å². The van der Waals surface area contributed by atoms with E-state index in [9.17, 15) is 0 Å². The third-order valence-electron chi connectivity index (χ3n) is 1.45. The first-order valence-electron chi connectivity index (χ1n) is 4.07. The topological polar surface area (TPSA) is 15.3 Å². The summed E-state index contributed by atoms with van der Waals surface area (Å²) in [6.07, 6.45) is 2.97. The molecule has 0 amide bonds. The van der Waals surface area contributed by atoms with Crippen LogP contribution in [0.1, 0.15) is 13.3 Å². The van der Waals surface area contributed by atoms with Gasteiger partial charge in [-0.1, -0.05) is 13.5 Å². The lowest BCUT2D eigenvalue weighted by atomic mass is 10.4. The Balaban J connectivity index is 3.16. The highest BCUT2D eigenvalue weighted by Crippen LogP contribution is 1.83. The lowest BCUT2D eigenvalue weighted by Crippen LogP contribution is -2.27. The van der Waals surface area contributed by atoms with Crippen molar-refractivity contribution >= 4 is 0 Å². The van der Waals surface area contributed by atoms with Crippen LogP contribution in [0.2, 0.25) is 0 Å². The van der Waals surface area contributed by atoms with Gasteiger partial charge in [-0.25, -0.2) is 0 Å². The van der Waals surface area contributed by atoms with Crippen molar-refractivity contribution in [1.29, 1.82) is 0 Å². The summed E-state index contributed by atoms with van der Waals surface area (Å²) in [5.41, 5.74) is 2.67. The zero-order chi connectivity index (χ0) is 8.53. The van der Waals surface area contributed by atoms with E-state index in [1.54, 1.807) is 6.20 Å². The second-order valence-electron chi connectivity index (χ2n) is 2.61. The summed E-state index contributed by atoms with van der Waals surface area (Å²) < 4.78 is 0. The van der Waals surface area contributed by atoms with E-state index in [2.05, 4.69) is 36.5 Å². The minimum absolute atomic E-state index is 0.971. The fourth-order valence-electron chi connectivity index (χ4n) is 0.893. The van der Waals surface area contributed by atoms with Crippen molar-refractivity contribution in [2.45, 2.75) is 13.3 Å². The number of hydrogen-bond acceptors (Lipinski definition) is 2. The molecule has 0 saturated heterocycles. The average molecular weight is 154 g/mol. The predicted molar refractivity (Wildman–Crippen MR) is 49.5 cm³/mol. The van der Waals surface area contributed by atoms with Crippen LogP contribution in [0.4, 0.5) is 0 Å². The van der Waals surface area contributed by atoms with Crippen LogP contribution in [0.15, 0.2) is 18.5 Å². The maximum Gasteiger partial charge on any atom is 0.0391 e. The van der Waals surface area contributed by atoms with Gasteiger partial charge in [-0.2, -0.15) is 0 Å². The van der Waals surface area contributed by atoms with Gasteiger partial charge >= 0.3 is 0 Å². The summed E-state index contributed by atoms with van der Waals surface area (Å²) in [4.78, 5) is 2.30. The molecule has 0 aliphatic heterocycles. The van der Waals surface area contributed by atoms with Crippen LogP contribution in [-0.2, 0) is 0 Å². The van der Waals surface area contributed by atoms with Gasteiger partial charge in [-0.15, -0.1) is 5.73 Å². The average Bonchev–Trinajstić information content (AvgIpc) is 1.99. The molecule has 0 unspecified atom stereocenters. The molecule has 0 heterocycles. The Bertz CT molecular complexity index is 126. The van der Waals surface area contributed by atoms with Gasteiger partial charge in [0.25, 0.3) is 0 Å². The molecule has 2 nitrogen and oxygen atoms in total. The number of nitrogens with zero attached hydrogens (tertiary/aromatic N) is 1. The summed E-state index contributed by atoms with van der Waals surface area (Å²) in [7, 11) is 2.13. The summed E-state index contributed by atoms with van der Waals surface area (Å²) >= 11 is 0. The van der Waals surface area contributed by atoms with Crippen molar-refractivity contribution in [3.05, 3.63) is 18.5 Å². The van der Waals surface area contributed by atoms with Crippen molar-refractivity contribution in [3.8, 4) is 0 Å². The molecule has 0 saturated carbocycles. The van der Waals surface area contributed by atoms with Gasteiger partial charge in [0.2, 0.25) is 0 Å². The fourth-order valence-corrected chi connectivity index (χ4v) is 0.893. The van der Waals surface area contributed by atoms with E-state index in [-0.39, 0.29) is 0 Å². The van der Waals surface area contributed by atoms with Crippen LogP contribution in [0.5, 0.6) is 0 Å². The molecule has 2 heteroatoms. The summed E-state index contributed by atoms with van der Waals surface area (Å²) in [5.74, 6) is 0. The zero-order valence-corrected chi connectivity index (χ0v) is 7.56. The first kappa shape index (κ1) is 10.3. The minimum Gasteiger partial charge on any atom is -0.383 e. The summed E-state index contributed by atoms with van der Waals surface area (Å²) in [6.45, 7) is 8.86. The molecule has 0 aromatic heterocycles. The van der Waals surface area contributed by atoms with E-state index >= 15 is 0 Å². The minimum atomic E-state index is 0.971. The maximum atomic E-state index is 3.46. The lowest BCUT2D eigenvalue weighted by Gasteiger charge is -2.14. The van der Waals surface area contributed by atoms with Gasteiger partial charge in [0.1, 0.15) is 0 Å². The Morgan fingerprint density at radius 2 is 2.27 bits per heavy atom. The van der Waals surface area contributed by atoms with Crippen molar-refractivity contribution in [2.24, 2.45) is 0 Å². The lowest BCUT2D eigenvalue weighted by molar-refractivity contribution is 0.338. The summed E-state index contributed by atoms with van der Waals surface area (Å²) in [5, 5.41) is 3.08. The van der Waals surface area contributed by atoms with Gasteiger partial charge in [-0.05, 0) is 20.0 Å². The van der Waals surface area contributed by atoms with Crippen molar-refractivity contribution in [3.63, 3.8) is 0 Å². The van der Waals surface area contributed by atoms with E-state index in [1.165, 1.54) is 13.0 Å². The molecule has 0 aromatic rings. The standard InChI is InChI=1S/C9H18N2/c1-4-6-10-7-9-11(3)8-5-2/h6,10H,1,5,7-9H2,2-3H3. The Hall–Kier alpha value is -0.720. The smallest absolute Gasteiger partial charge is 0.0391 e. The molecule has 11 heavy (non-hydrogen) atoms. The Morgan fingerprint density at radius 1 is 1.55 bits per heavy atom. The van der Waals surface area contributed by atoms with Crippen LogP contribution in [0, 0.1) is 0 Å². The van der Waals surface area contributed by atoms with Crippen molar-refractivity contribution < 1.29 is 0 Å². The molecule has 0 rings (SSSR count). The number of hydrogen-bond donors (Lipinski definition) is 1. The second-order valence-corrected chi connectivity index (χ2v) is 2.61. The molecule has 0 aliphatic carbocycles. The van der Waals surface area contributed by atoms with Crippen molar-refractivity contribution in [1.82, 2.24) is 10.2 Å². The first-order valence-corrected chi connectivity index (χ1v) is 4.07. The molecule has 0 atom stereocenters. The molecule has 1 N–H and O–H groups in total. The van der Waals surface area contributed by atoms with Gasteiger partial charge in [0, 0.05) is 19.3 Å². The Morgan fingerprint density at radius 3 is 2.82 bits per heavy atom. The van der Waals surface area contributed by atoms with Gasteiger partial charge in [0.05, 0.1) is 0 Å². The van der Waals surface area contributed by atoms with Gasteiger partial charge in [0.15, 0.2) is 0 Å². The molecular weight excluding hydrogens is 136 g/mol. The highest BCUT2D eigenvalue weighted by molar-refractivity contribution is 4.72. The molecule has 0 aromatic carbocycles. The summed E-state index contributed by atoms with van der Waals surface area (Å²) in [6, 6.07) is 0. The molecule has 0 bridgehead atoms. The number of likely N-dealkylation sites (N-methyl/N-ethyl adjacent to an activating group) is 1. The molecule has 0 fully saturated rings. The Kier molecular flexibility index (Phi) is 6.90. The molecule has 64 valence electrons. The first-order chi connectivity index (χ1) is 5.31. The third kappa shape index (κ3) is 7.17. The van der Waals surface area contributed by atoms with Crippen LogP contribution >= 0.6 is 0 Å². The van der Waals surface area contributed by atoms with Crippen LogP contribution in [0.3, 0.4) is 0 Å². The van der Waals surface area contributed by atoms with Gasteiger partial charge < -0.3 is 10.2 Å². The largest absolute Gasteiger partial charge is 0.383 e. The fraction of sp³-hybridized carbons (Fsp3) is 0.667. The van der Waals surface area contributed by atoms with E-state index in [0.29, 0.717) is 0 Å². The predicted octanol–water partition coefficient (Wildman–Crippen LogP) is 1.22. The van der Waals surface area contributed by atoms with Gasteiger partial charge in [-0.3, -0.25) is 0 Å². The third-order valence-corrected chi connectivity index (χ3v) is 1.45. The zero-order valence-electron chi connectivity index (χ0n) is 7.56. The van der Waals surface area contributed by atoms with Crippen LogP contribution in [-0.4, -0.2) is 31.6 Å². The molecule has 0 aliphatic rings. The number of nitrogens with one attached hydrogen (secondary N) is 1.